The lowest BCUT2D eigenvalue weighted by Gasteiger charge is -2.32. The number of fused-ring (bicyclic) bond motifs is 1. The Morgan fingerprint density at radius 1 is 1.21 bits per heavy atom. The van der Waals surface area contributed by atoms with E-state index in [2.05, 4.69) is 4.98 Å². The third-order valence-electron chi connectivity index (χ3n) is 4.92. The first-order chi connectivity index (χ1) is 11.3. The summed E-state index contributed by atoms with van der Waals surface area (Å²) in [4.78, 5) is 29.1. The molecule has 1 N–H and O–H groups in total. The number of aromatic nitrogens is 1. The van der Waals surface area contributed by atoms with Crippen molar-refractivity contribution in [1.82, 2.24) is 9.88 Å². The molecule has 3 rings (SSSR count). The van der Waals surface area contributed by atoms with E-state index in [0.29, 0.717) is 12.6 Å². The van der Waals surface area contributed by atoms with Gasteiger partial charge in [-0.3, -0.25) is 9.78 Å². The molecule has 5 nitrogen and oxygen atoms in total. The number of nitrogens with zero attached hydrogens (tertiary/aromatic N) is 2. The number of hydrogen-bond acceptors (Lipinski definition) is 3. The van der Waals surface area contributed by atoms with Crippen LogP contribution in [0.25, 0.3) is 0 Å². The van der Waals surface area contributed by atoms with Gasteiger partial charge in [0.1, 0.15) is 11.7 Å². The monoisotopic (exact) mass is 342 g/mol. The predicted octanol–water partition coefficient (Wildman–Crippen LogP) is 2.96. The smallest absolute Gasteiger partial charge is 0.417 e. The van der Waals surface area contributed by atoms with Gasteiger partial charge in [0.2, 0.25) is 0 Å². The number of alkyl halides is 3. The van der Waals surface area contributed by atoms with Crippen molar-refractivity contribution in [3.63, 3.8) is 0 Å². The third kappa shape index (κ3) is 2.97. The fraction of sp³-hybridized carbons (Fsp3) is 0.562. The lowest BCUT2D eigenvalue weighted by atomic mass is 9.84. The van der Waals surface area contributed by atoms with Gasteiger partial charge in [-0.25, -0.2) is 4.79 Å². The Hall–Kier alpha value is -2.12. The molecule has 0 bridgehead atoms. The Balaban J connectivity index is 1.87. The highest BCUT2D eigenvalue weighted by molar-refractivity contribution is 5.95. The van der Waals surface area contributed by atoms with Crippen molar-refractivity contribution in [3.05, 3.63) is 29.6 Å². The van der Waals surface area contributed by atoms with Crippen LogP contribution in [0.4, 0.5) is 13.2 Å². The number of amides is 1. The molecule has 1 aromatic heterocycles. The fourth-order valence-corrected chi connectivity index (χ4v) is 3.79. The molecule has 0 spiro atoms. The Labute approximate surface area is 136 Å². The molecule has 1 aromatic rings. The molecule has 1 saturated carbocycles. The number of rotatable bonds is 2. The zero-order valence-corrected chi connectivity index (χ0v) is 12.8. The average Bonchev–Trinajstić information content (AvgIpc) is 2.93. The Morgan fingerprint density at radius 3 is 2.50 bits per heavy atom. The van der Waals surface area contributed by atoms with E-state index in [1.807, 2.05) is 0 Å². The van der Waals surface area contributed by atoms with Crippen LogP contribution in [0.2, 0.25) is 0 Å². The van der Waals surface area contributed by atoms with E-state index in [1.54, 1.807) is 0 Å². The van der Waals surface area contributed by atoms with Gasteiger partial charge in [0.15, 0.2) is 0 Å². The van der Waals surface area contributed by atoms with Crippen molar-refractivity contribution < 1.29 is 27.9 Å². The van der Waals surface area contributed by atoms with Crippen molar-refractivity contribution in [2.45, 2.75) is 50.4 Å². The fourth-order valence-electron chi connectivity index (χ4n) is 3.79. The average molecular weight is 342 g/mol. The predicted molar refractivity (Wildman–Crippen MR) is 77.2 cm³/mol. The highest BCUT2D eigenvalue weighted by atomic mass is 19.4. The number of carboxylic acid groups (broad SMARTS) is 1. The lowest BCUT2D eigenvalue weighted by Crippen LogP contribution is -2.46. The van der Waals surface area contributed by atoms with Gasteiger partial charge in [0, 0.05) is 12.2 Å². The minimum absolute atomic E-state index is 0.137. The van der Waals surface area contributed by atoms with Crippen LogP contribution < -0.4 is 0 Å². The van der Waals surface area contributed by atoms with Gasteiger partial charge >= 0.3 is 12.1 Å². The van der Waals surface area contributed by atoms with E-state index in [-0.39, 0.29) is 17.7 Å². The Morgan fingerprint density at radius 2 is 1.92 bits per heavy atom. The summed E-state index contributed by atoms with van der Waals surface area (Å²) in [6.45, 7) is 0. The van der Waals surface area contributed by atoms with Gasteiger partial charge in [0.05, 0.1) is 5.56 Å². The molecule has 2 aliphatic rings. The van der Waals surface area contributed by atoms with Crippen LogP contribution in [0, 0.1) is 5.92 Å². The van der Waals surface area contributed by atoms with Crippen LogP contribution in [0.3, 0.4) is 0 Å². The van der Waals surface area contributed by atoms with E-state index in [1.165, 1.54) is 4.90 Å². The number of carbonyl (C=O) groups is 2. The standard InChI is InChI=1S/C16H17F3N2O3/c17-16(18,19)10-5-6-11(20-8-10)14(22)21-12-4-2-1-3-9(12)7-13(21)15(23)24/h5-6,8-9,12-13H,1-4,7H2,(H,23,24). The van der Waals surface area contributed by atoms with E-state index in [0.717, 1.165) is 37.8 Å². The second-order valence-electron chi connectivity index (χ2n) is 6.34. The van der Waals surface area contributed by atoms with Crippen molar-refractivity contribution in [2.75, 3.05) is 0 Å². The number of likely N-dealkylation sites (tertiary alicyclic amines) is 1. The summed E-state index contributed by atoms with van der Waals surface area (Å²) in [5, 5.41) is 9.41. The maximum atomic E-state index is 12.7. The van der Waals surface area contributed by atoms with Gasteiger partial charge in [0.25, 0.3) is 5.91 Å². The summed E-state index contributed by atoms with van der Waals surface area (Å²) in [7, 11) is 0. The van der Waals surface area contributed by atoms with Crippen LogP contribution in [0.15, 0.2) is 18.3 Å². The minimum Gasteiger partial charge on any atom is -0.480 e. The van der Waals surface area contributed by atoms with Crippen molar-refractivity contribution >= 4 is 11.9 Å². The molecule has 2 heterocycles. The number of hydrogen-bond donors (Lipinski definition) is 1. The topological polar surface area (TPSA) is 70.5 Å². The van der Waals surface area contributed by atoms with Crippen molar-refractivity contribution in [3.8, 4) is 0 Å². The summed E-state index contributed by atoms with van der Waals surface area (Å²) in [5.41, 5.74) is -1.09. The van der Waals surface area contributed by atoms with E-state index in [9.17, 15) is 27.9 Å². The number of carbonyl (C=O) groups excluding carboxylic acids is 1. The lowest BCUT2D eigenvalue weighted by molar-refractivity contribution is -0.141. The van der Waals surface area contributed by atoms with Crippen LogP contribution >= 0.6 is 0 Å². The van der Waals surface area contributed by atoms with Crippen LogP contribution in [-0.2, 0) is 11.0 Å². The number of aliphatic carboxylic acids is 1. The maximum Gasteiger partial charge on any atom is 0.417 e. The maximum absolute atomic E-state index is 12.7. The molecule has 0 radical (unpaired) electrons. The molecule has 3 unspecified atom stereocenters. The molecule has 0 aromatic carbocycles. The first kappa shape index (κ1) is 16.7. The van der Waals surface area contributed by atoms with Crippen molar-refractivity contribution in [2.24, 2.45) is 5.92 Å². The zero-order valence-electron chi connectivity index (χ0n) is 12.8. The molecule has 130 valence electrons. The number of halogens is 3. The summed E-state index contributed by atoms with van der Waals surface area (Å²) in [6.07, 6.45) is -0.00459. The molecular weight excluding hydrogens is 325 g/mol. The first-order valence-corrected chi connectivity index (χ1v) is 7.87. The van der Waals surface area contributed by atoms with Crippen LogP contribution in [0.5, 0.6) is 0 Å². The normalized spacial score (nSPS) is 27.0. The van der Waals surface area contributed by atoms with Gasteiger partial charge in [-0.1, -0.05) is 12.8 Å². The largest absolute Gasteiger partial charge is 0.480 e. The minimum atomic E-state index is -4.53. The van der Waals surface area contributed by atoms with Gasteiger partial charge in [-0.05, 0) is 37.3 Å². The van der Waals surface area contributed by atoms with Crippen LogP contribution in [-0.4, -0.2) is 39.0 Å². The molecular formula is C16H17F3N2O3. The van der Waals surface area contributed by atoms with E-state index in [4.69, 9.17) is 0 Å². The first-order valence-electron chi connectivity index (χ1n) is 7.87. The SMILES string of the molecule is O=C(O)C1CC2CCCCC2N1C(=O)c1ccc(C(F)(F)F)cn1. The summed E-state index contributed by atoms with van der Waals surface area (Å²) in [5.74, 6) is -1.55. The molecule has 3 atom stereocenters. The number of pyridine rings is 1. The summed E-state index contributed by atoms with van der Waals surface area (Å²) in [6, 6.07) is 0.705. The molecule has 8 heteroatoms. The van der Waals surface area contributed by atoms with Gasteiger partial charge in [-0.2, -0.15) is 13.2 Å². The zero-order chi connectivity index (χ0) is 17.5. The number of carboxylic acids is 1. The second-order valence-corrected chi connectivity index (χ2v) is 6.34. The quantitative estimate of drug-likeness (QED) is 0.897. The Kier molecular flexibility index (Phi) is 4.23. The molecule has 1 saturated heterocycles. The Bertz CT molecular complexity index is 645. The molecule has 1 aliphatic heterocycles. The van der Waals surface area contributed by atoms with E-state index < -0.39 is 29.7 Å². The highest BCUT2D eigenvalue weighted by Gasteiger charge is 2.48. The highest BCUT2D eigenvalue weighted by Crippen LogP contribution is 2.40. The summed E-state index contributed by atoms with van der Waals surface area (Å²) < 4.78 is 37.8. The molecule has 24 heavy (non-hydrogen) atoms. The van der Waals surface area contributed by atoms with Crippen LogP contribution in [0.1, 0.15) is 48.2 Å². The van der Waals surface area contributed by atoms with Crippen molar-refractivity contribution in [1.29, 1.82) is 0 Å². The second kappa shape index (κ2) is 6.07. The van der Waals surface area contributed by atoms with E-state index >= 15 is 0 Å². The molecule has 1 aliphatic carbocycles. The molecule has 1 amide bonds. The van der Waals surface area contributed by atoms with Gasteiger partial charge in [-0.15, -0.1) is 0 Å². The van der Waals surface area contributed by atoms with Gasteiger partial charge < -0.3 is 10.0 Å². The summed E-state index contributed by atoms with van der Waals surface area (Å²) >= 11 is 0. The molecule has 2 fully saturated rings. The third-order valence-corrected chi connectivity index (χ3v) is 4.92.